The molecule has 3 aliphatic heterocycles. The first-order chi connectivity index (χ1) is 43.6. The van der Waals surface area contributed by atoms with Gasteiger partial charge in [0.1, 0.15) is 50.9 Å². The fraction of sp³-hybridized carbons (Fsp3) is 0.280. The summed E-state index contributed by atoms with van der Waals surface area (Å²) in [5.74, 6) is 0. The maximum absolute atomic E-state index is 14.0. The molecule has 90 heavy (non-hydrogen) atoms. The van der Waals surface area contributed by atoms with Crippen molar-refractivity contribution in [3.05, 3.63) is 310 Å². The molecule has 0 amide bonds. The molecule has 0 bridgehead atoms. The number of benzene rings is 7. The number of hydrogen-bond donors (Lipinski definition) is 6. The standard InChI is InChI=1S/C75H72N6O9/c1-46-55(43-76-61-64(70(85)67(61)82)79-40-22-37-58(79)73(88,49-25-10-4-11-26-49)50-27-12-5-13-28-50)47(2)57(45-78-63-66(72(87)69(63)84)81-42-24-39-60(81)75(90,53-33-18-8-19-34-53)54-35-20-9-21-36-54)48(3)56(46)44-77-62-65(71(86)68(62)83)80-41-23-38-59(80)74(89,51-29-14-6-15-30-51)52-31-16-7-17-32-52/h4-21,25-36,58-60,76-78,88-90H,22-24,37-45H2,1-3H3/t58-,59-,60-/m0/s1. The number of rotatable bonds is 21. The van der Waals surface area contributed by atoms with Crippen LogP contribution in [-0.4, -0.2) is 53.1 Å². The van der Waals surface area contributed by atoms with Crippen molar-refractivity contribution < 1.29 is 15.3 Å². The molecular weight excluding hydrogens is 1130 g/mol. The van der Waals surface area contributed by atoms with Gasteiger partial charge in [0, 0.05) is 39.3 Å². The lowest BCUT2D eigenvalue weighted by Gasteiger charge is -2.41. The van der Waals surface area contributed by atoms with Crippen molar-refractivity contribution >= 4 is 34.1 Å². The van der Waals surface area contributed by atoms with E-state index in [1.807, 2.05) is 217 Å². The Morgan fingerprint density at radius 2 is 0.533 bits per heavy atom. The number of nitrogens with zero attached hydrogens (tertiary/aromatic N) is 3. The van der Waals surface area contributed by atoms with Gasteiger partial charge in [-0.15, -0.1) is 0 Å². The number of anilines is 6. The van der Waals surface area contributed by atoms with Gasteiger partial charge in [0.25, 0.3) is 32.6 Å². The first kappa shape index (κ1) is 59.4. The third-order valence-electron chi connectivity index (χ3n) is 20.0. The SMILES string of the molecule is Cc1c(CNc2c(N3CCC[C@H]3C(O)(c3ccccc3)c3ccccc3)c(=O)c2=O)c(C)c(CNc2c(N3CCC[C@H]3C(O)(c3ccccc3)c3ccccc3)c(=O)c2=O)c(C)c1CNc1c(N2CCC[C@H]2C(O)(c2ccccc2)c2ccccc2)c(=O)c1=O. The largest absolute Gasteiger partial charge is 0.378 e. The minimum absolute atomic E-state index is 0.0622. The molecule has 0 unspecified atom stereocenters. The molecule has 15 heteroatoms. The Morgan fingerprint density at radius 3 is 0.733 bits per heavy atom. The first-order valence-electron chi connectivity index (χ1n) is 31.2. The Kier molecular flexibility index (Phi) is 15.7. The van der Waals surface area contributed by atoms with E-state index in [1.54, 1.807) is 0 Å². The smallest absolute Gasteiger partial charge is 0.253 e. The molecule has 0 saturated carbocycles. The zero-order valence-corrected chi connectivity index (χ0v) is 50.7. The Morgan fingerprint density at radius 1 is 0.333 bits per heavy atom. The van der Waals surface area contributed by atoms with Crippen molar-refractivity contribution in [1.82, 2.24) is 0 Å². The van der Waals surface area contributed by atoms with Gasteiger partial charge in [-0.1, -0.05) is 182 Å². The van der Waals surface area contributed by atoms with E-state index in [9.17, 15) is 44.1 Å². The molecule has 15 nitrogen and oxygen atoms in total. The lowest BCUT2D eigenvalue weighted by Crippen LogP contribution is -2.53. The Hall–Kier alpha value is -9.54. The second kappa shape index (κ2) is 23.8. The molecule has 0 aliphatic carbocycles. The Balaban J connectivity index is 0.857. The molecule has 3 fully saturated rings. The number of hydrogen-bond acceptors (Lipinski definition) is 15. The molecule has 0 radical (unpaired) electrons. The van der Waals surface area contributed by atoms with Crippen molar-refractivity contribution in [1.29, 1.82) is 0 Å². The Labute approximate surface area is 521 Å². The second-order valence-corrected chi connectivity index (χ2v) is 24.6. The van der Waals surface area contributed by atoms with Crippen molar-refractivity contribution in [3.8, 4) is 0 Å². The molecule has 0 aromatic heterocycles. The lowest BCUT2D eigenvalue weighted by atomic mass is 9.78. The zero-order chi connectivity index (χ0) is 62.6. The summed E-state index contributed by atoms with van der Waals surface area (Å²) < 4.78 is 0. The lowest BCUT2D eigenvalue weighted by molar-refractivity contribution is 0.0527. The van der Waals surface area contributed by atoms with Crippen LogP contribution >= 0.6 is 0 Å². The average molecular weight is 1200 g/mol. The fourth-order valence-electron chi connectivity index (χ4n) is 15.4. The summed E-state index contributed by atoms with van der Waals surface area (Å²) >= 11 is 0. The molecule has 3 heterocycles. The number of nitrogens with one attached hydrogen (secondary N) is 3. The highest BCUT2D eigenvalue weighted by atomic mass is 16.3. The topological polar surface area (TPSA) is 209 Å². The van der Waals surface area contributed by atoms with Gasteiger partial charge in [-0.25, -0.2) is 0 Å². The number of aliphatic hydroxyl groups is 3. The van der Waals surface area contributed by atoms with Crippen molar-refractivity contribution in [2.24, 2.45) is 0 Å². The van der Waals surface area contributed by atoms with Crippen LogP contribution in [0.15, 0.2) is 211 Å². The van der Waals surface area contributed by atoms with Crippen LogP contribution in [0.1, 0.15) is 105 Å². The normalized spacial score (nSPS) is 17.3. The van der Waals surface area contributed by atoms with E-state index in [2.05, 4.69) is 16.0 Å². The summed E-state index contributed by atoms with van der Waals surface area (Å²) in [6.07, 6.45) is 3.59. The minimum atomic E-state index is -1.55. The van der Waals surface area contributed by atoms with Crippen LogP contribution in [-0.2, 0) is 36.4 Å². The first-order valence-corrected chi connectivity index (χ1v) is 31.2. The molecule has 3 saturated heterocycles. The highest BCUT2D eigenvalue weighted by Gasteiger charge is 2.51. The molecule has 10 aromatic rings. The van der Waals surface area contributed by atoms with Crippen molar-refractivity contribution in [3.63, 3.8) is 0 Å². The average Bonchev–Trinajstić information content (AvgIpc) is 1.42. The van der Waals surface area contributed by atoms with Crippen LogP contribution in [0.4, 0.5) is 34.1 Å². The van der Waals surface area contributed by atoms with Crippen LogP contribution in [0, 0.1) is 20.8 Å². The predicted molar refractivity (Wildman–Crippen MR) is 355 cm³/mol. The molecule has 6 N–H and O–H groups in total. The minimum Gasteiger partial charge on any atom is -0.378 e. The van der Waals surface area contributed by atoms with Crippen LogP contribution in [0.5, 0.6) is 0 Å². The van der Waals surface area contributed by atoms with Gasteiger partial charge in [-0.2, -0.15) is 0 Å². The van der Waals surface area contributed by atoms with Gasteiger partial charge >= 0.3 is 0 Å². The molecular formula is C75H72N6O9. The third-order valence-corrected chi connectivity index (χ3v) is 20.0. The summed E-state index contributed by atoms with van der Waals surface area (Å²) in [6, 6.07) is 54.5. The van der Waals surface area contributed by atoms with Gasteiger partial charge in [-0.05, 0) is 126 Å². The summed E-state index contributed by atoms with van der Waals surface area (Å²) in [4.78, 5) is 89.6. The summed E-state index contributed by atoms with van der Waals surface area (Å²) in [5, 5.41) is 49.3. The van der Waals surface area contributed by atoms with E-state index in [0.717, 1.165) is 33.4 Å². The molecule has 456 valence electrons. The van der Waals surface area contributed by atoms with E-state index >= 15 is 0 Å². The molecule has 3 atom stereocenters. The van der Waals surface area contributed by atoms with Gasteiger partial charge in [0.15, 0.2) is 0 Å². The van der Waals surface area contributed by atoms with Gasteiger partial charge < -0.3 is 46.0 Å². The zero-order valence-electron chi connectivity index (χ0n) is 50.7. The molecule has 0 spiro atoms. The molecule has 13 rings (SSSR count). The van der Waals surface area contributed by atoms with E-state index in [1.165, 1.54) is 0 Å². The van der Waals surface area contributed by atoms with Crippen LogP contribution < -0.4 is 63.2 Å². The maximum atomic E-state index is 14.0. The van der Waals surface area contributed by atoms with Crippen molar-refractivity contribution in [2.45, 2.75) is 114 Å². The summed E-state index contributed by atoms with van der Waals surface area (Å²) in [6.45, 7) is 7.30. The highest BCUT2D eigenvalue weighted by Crippen LogP contribution is 2.47. The van der Waals surface area contributed by atoms with E-state index < -0.39 is 67.5 Å². The second-order valence-electron chi connectivity index (χ2n) is 24.6. The van der Waals surface area contributed by atoms with Crippen LogP contribution in [0.3, 0.4) is 0 Å². The highest BCUT2D eigenvalue weighted by molar-refractivity contribution is 5.79. The summed E-state index contributed by atoms with van der Waals surface area (Å²) in [7, 11) is 0. The summed E-state index contributed by atoms with van der Waals surface area (Å²) in [5.41, 5.74) is 1.02. The van der Waals surface area contributed by atoms with Gasteiger partial charge in [0.2, 0.25) is 0 Å². The van der Waals surface area contributed by atoms with Gasteiger partial charge in [0.05, 0.1) is 18.1 Å². The third kappa shape index (κ3) is 9.60. The molecule has 10 aromatic carbocycles. The van der Waals surface area contributed by atoms with Crippen molar-refractivity contribution in [2.75, 3.05) is 50.3 Å². The molecule has 3 aliphatic rings. The van der Waals surface area contributed by atoms with Gasteiger partial charge in [-0.3, -0.25) is 28.8 Å². The van der Waals surface area contributed by atoms with E-state index in [0.29, 0.717) is 91.5 Å². The monoisotopic (exact) mass is 1200 g/mol. The predicted octanol–water partition coefficient (Wildman–Crippen LogP) is 8.95. The fourth-order valence-corrected chi connectivity index (χ4v) is 15.4. The Bertz CT molecular complexity index is 3900. The van der Waals surface area contributed by atoms with Crippen LogP contribution in [0.25, 0.3) is 0 Å². The maximum Gasteiger partial charge on any atom is 0.253 e. The van der Waals surface area contributed by atoms with E-state index in [-0.39, 0.29) is 53.8 Å². The quantitative estimate of drug-likeness (QED) is 0.0371. The van der Waals surface area contributed by atoms with Crippen LogP contribution in [0.2, 0.25) is 0 Å². The van der Waals surface area contributed by atoms with E-state index in [4.69, 9.17) is 0 Å².